The molecule has 0 spiro atoms. The van der Waals surface area contributed by atoms with Crippen LogP contribution in [0.1, 0.15) is 0 Å². The Morgan fingerprint density at radius 1 is 1.18 bits per heavy atom. The predicted molar refractivity (Wildman–Crippen MR) is 42.0 cm³/mol. The van der Waals surface area contributed by atoms with Gasteiger partial charge in [-0.05, 0) is 0 Å². The lowest BCUT2D eigenvalue weighted by Gasteiger charge is -1.99. The third-order valence-corrected chi connectivity index (χ3v) is 3.18. The van der Waals surface area contributed by atoms with Gasteiger partial charge in [0.2, 0.25) is 5.58 Å². The Bertz CT molecular complexity index is 417. The standard InChI is InChI=1S/C6H2ClNO2S/c7-1-3-4(10-9-3)2(8)6-5(1)11-6/h8H2. The summed E-state index contributed by atoms with van der Waals surface area (Å²) in [5, 5.41) is 0.625. The summed E-state index contributed by atoms with van der Waals surface area (Å²) < 4.78 is 9.36. The molecule has 1 aliphatic heterocycles. The van der Waals surface area contributed by atoms with E-state index in [0.29, 0.717) is 21.9 Å². The second-order valence-corrected chi connectivity index (χ2v) is 3.71. The maximum Gasteiger partial charge on any atom is 0.251 e. The van der Waals surface area contributed by atoms with Crippen LogP contribution in [0.25, 0.3) is 11.2 Å². The van der Waals surface area contributed by atoms with Crippen LogP contribution in [-0.2, 0) is 0 Å². The molecule has 5 heteroatoms. The first-order valence-corrected chi connectivity index (χ1v) is 4.16. The Kier molecular flexibility index (Phi) is 0.819. The number of hydrogen-bond donors (Lipinski definition) is 1. The molecule has 0 amide bonds. The van der Waals surface area contributed by atoms with Gasteiger partial charge in [-0.15, -0.1) is 0 Å². The Morgan fingerprint density at radius 2 is 1.91 bits per heavy atom. The van der Waals surface area contributed by atoms with Gasteiger partial charge in [0.05, 0.1) is 15.5 Å². The zero-order chi connectivity index (χ0) is 7.59. The minimum atomic E-state index is 0.577. The number of fused-ring (bicyclic) bond motifs is 2. The molecule has 1 aromatic carbocycles. The Morgan fingerprint density at radius 3 is 2.55 bits per heavy atom. The SMILES string of the molecule is Nc1c2c(c(Cl)c3ooc13)S2. The van der Waals surface area contributed by atoms with E-state index in [9.17, 15) is 0 Å². The predicted octanol–water partition coefficient (Wildman–Crippen LogP) is 2.73. The molecule has 2 N–H and O–H groups in total. The summed E-state index contributed by atoms with van der Waals surface area (Å²) >= 11 is 7.44. The Balaban J connectivity index is 2.56. The highest BCUT2D eigenvalue weighted by molar-refractivity contribution is 8.05. The molecule has 56 valence electrons. The van der Waals surface area contributed by atoms with Crippen LogP contribution in [0.5, 0.6) is 0 Å². The molecule has 0 radical (unpaired) electrons. The first-order chi connectivity index (χ1) is 5.29. The molecule has 0 saturated carbocycles. The summed E-state index contributed by atoms with van der Waals surface area (Å²) in [4.78, 5) is 2.04. The van der Waals surface area contributed by atoms with E-state index in [0.717, 1.165) is 9.79 Å². The van der Waals surface area contributed by atoms with E-state index >= 15 is 0 Å². The summed E-state index contributed by atoms with van der Waals surface area (Å²) in [6.45, 7) is 0. The second-order valence-electron chi connectivity index (χ2n) is 2.31. The summed E-state index contributed by atoms with van der Waals surface area (Å²) in [5.74, 6) is 0. The van der Waals surface area contributed by atoms with Gasteiger partial charge < -0.3 is 5.73 Å². The smallest absolute Gasteiger partial charge is 0.251 e. The zero-order valence-corrected chi connectivity index (χ0v) is 6.75. The van der Waals surface area contributed by atoms with Gasteiger partial charge in [0.15, 0.2) is 0 Å². The number of nitrogens with two attached hydrogens (primary N) is 1. The van der Waals surface area contributed by atoms with Crippen molar-refractivity contribution in [1.82, 2.24) is 0 Å². The van der Waals surface area contributed by atoms with Crippen molar-refractivity contribution in [3.05, 3.63) is 5.02 Å². The van der Waals surface area contributed by atoms with Crippen LogP contribution in [0.4, 0.5) is 5.69 Å². The topological polar surface area (TPSA) is 52.3 Å². The van der Waals surface area contributed by atoms with Gasteiger partial charge in [-0.1, -0.05) is 23.4 Å². The lowest BCUT2D eigenvalue weighted by Crippen LogP contribution is -1.88. The van der Waals surface area contributed by atoms with Crippen molar-refractivity contribution in [2.24, 2.45) is 0 Å². The van der Waals surface area contributed by atoms with Gasteiger partial charge in [0.25, 0.3) is 5.58 Å². The molecule has 3 nitrogen and oxygen atoms in total. The van der Waals surface area contributed by atoms with Crippen LogP contribution in [0.15, 0.2) is 18.9 Å². The van der Waals surface area contributed by atoms with Crippen LogP contribution in [-0.4, -0.2) is 0 Å². The molecule has 2 aromatic rings. The van der Waals surface area contributed by atoms with Crippen molar-refractivity contribution < 1.29 is 9.15 Å². The highest BCUT2D eigenvalue weighted by Crippen LogP contribution is 2.59. The monoisotopic (exact) mass is 187 g/mol. The largest absolute Gasteiger partial charge is 0.394 e. The van der Waals surface area contributed by atoms with Gasteiger partial charge in [-0.25, -0.2) is 0 Å². The number of rotatable bonds is 0. The molecule has 0 aliphatic carbocycles. The van der Waals surface area contributed by atoms with E-state index in [2.05, 4.69) is 9.15 Å². The molecular weight excluding hydrogens is 186 g/mol. The van der Waals surface area contributed by atoms with Crippen molar-refractivity contribution in [2.45, 2.75) is 9.79 Å². The van der Waals surface area contributed by atoms with E-state index in [1.165, 1.54) is 0 Å². The molecule has 11 heavy (non-hydrogen) atoms. The average molecular weight is 188 g/mol. The maximum absolute atomic E-state index is 5.88. The van der Waals surface area contributed by atoms with E-state index in [1.807, 2.05) is 0 Å². The van der Waals surface area contributed by atoms with Crippen molar-refractivity contribution in [3.63, 3.8) is 0 Å². The Labute approximate surface area is 70.4 Å². The highest BCUT2D eigenvalue weighted by atomic mass is 35.5. The molecule has 0 atom stereocenters. The molecule has 0 saturated heterocycles. The van der Waals surface area contributed by atoms with E-state index in [1.54, 1.807) is 11.8 Å². The lowest BCUT2D eigenvalue weighted by molar-refractivity contribution is 0.0593. The minimum absolute atomic E-state index is 0.577. The molecule has 0 unspecified atom stereocenters. The van der Waals surface area contributed by atoms with Crippen molar-refractivity contribution in [2.75, 3.05) is 5.73 Å². The summed E-state index contributed by atoms with van der Waals surface area (Å²) in [6, 6.07) is 0. The molecular formula is C6H2ClNO2S. The number of benzene rings is 1. The molecule has 2 heterocycles. The third kappa shape index (κ3) is 0.533. The van der Waals surface area contributed by atoms with Crippen LogP contribution in [0.2, 0.25) is 5.02 Å². The number of nitrogen functional groups attached to an aromatic ring is 1. The second kappa shape index (κ2) is 1.54. The van der Waals surface area contributed by atoms with Gasteiger partial charge in [-0.2, -0.15) is 0 Å². The van der Waals surface area contributed by atoms with Crippen molar-refractivity contribution in [3.8, 4) is 0 Å². The molecule has 1 aliphatic rings. The molecule has 0 fully saturated rings. The van der Waals surface area contributed by atoms with Crippen LogP contribution in [0, 0.1) is 0 Å². The fourth-order valence-corrected chi connectivity index (χ4v) is 2.17. The minimum Gasteiger partial charge on any atom is -0.394 e. The van der Waals surface area contributed by atoms with Crippen molar-refractivity contribution >= 4 is 40.2 Å². The van der Waals surface area contributed by atoms with Crippen molar-refractivity contribution in [1.29, 1.82) is 0 Å². The fraction of sp³-hybridized carbons (Fsp3) is 0. The van der Waals surface area contributed by atoms with E-state index in [4.69, 9.17) is 17.3 Å². The maximum atomic E-state index is 5.88. The van der Waals surface area contributed by atoms with Crippen LogP contribution >= 0.6 is 23.4 Å². The summed E-state index contributed by atoms with van der Waals surface area (Å²) in [7, 11) is 0. The highest BCUT2D eigenvalue weighted by Gasteiger charge is 2.33. The molecule has 3 rings (SSSR count). The third-order valence-electron chi connectivity index (χ3n) is 1.67. The quantitative estimate of drug-likeness (QED) is 0.334. The lowest BCUT2D eigenvalue weighted by atomic mass is 10.3. The molecule has 1 aromatic heterocycles. The van der Waals surface area contributed by atoms with E-state index < -0.39 is 0 Å². The van der Waals surface area contributed by atoms with Gasteiger partial charge in [-0.3, -0.25) is 9.15 Å². The number of anilines is 1. The molecule has 0 bridgehead atoms. The average Bonchev–Trinajstić information content (AvgIpc) is 2.59. The number of hydrogen-bond acceptors (Lipinski definition) is 4. The first-order valence-electron chi connectivity index (χ1n) is 2.96. The van der Waals surface area contributed by atoms with Crippen LogP contribution in [0.3, 0.4) is 0 Å². The number of halogens is 1. The van der Waals surface area contributed by atoms with Gasteiger partial charge in [0, 0.05) is 0 Å². The summed E-state index contributed by atoms with van der Waals surface area (Å²) in [5.41, 5.74) is 7.48. The normalized spacial score (nSPS) is 13.9. The Hall–Kier alpha value is -0.740. The summed E-state index contributed by atoms with van der Waals surface area (Å²) in [6.07, 6.45) is 0. The van der Waals surface area contributed by atoms with E-state index in [-0.39, 0.29) is 0 Å². The van der Waals surface area contributed by atoms with Gasteiger partial charge >= 0.3 is 0 Å². The fourth-order valence-electron chi connectivity index (χ4n) is 1.03. The van der Waals surface area contributed by atoms with Gasteiger partial charge in [0.1, 0.15) is 5.02 Å². The zero-order valence-electron chi connectivity index (χ0n) is 5.18. The first kappa shape index (κ1) is 5.85. The van der Waals surface area contributed by atoms with Crippen LogP contribution < -0.4 is 5.73 Å².